The number of carboxylic acid groups (broad SMARTS) is 1. The van der Waals surface area contributed by atoms with Crippen LogP contribution in [0.25, 0.3) is 11.1 Å². The standard InChI is InChI=1S/C23H21NO4/c1-28-21-10-6-5-9-19(21)15-20(23(26)27)24-22(25)18-13-11-17(12-14-18)16-7-3-2-4-8-16/h2-14,20H,15H2,1H3,(H,24,25)(H,26,27)/t20-/m1/s1. The number of para-hydroxylation sites is 1. The first-order valence-electron chi connectivity index (χ1n) is 8.89. The highest BCUT2D eigenvalue weighted by Crippen LogP contribution is 2.21. The van der Waals surface area contributed by atoms with Crippen LogP contribution in [0.5, 0.6) is 5.75 Å². The Hall–Kier alpha value is -3.60. The topological polar surface area (TPSA) is 75.6 Å². The number of hydrogen-bond acceptors (Lipinski definition) is 3. The van der Waals surface area contributed by atoms with Gasteiger partial charge in [0.2, 0.25) is 0 Å². The number of carboxylic acids is 1. The Morgan fingerprint density at radius 1 is 0.893 bits per heavy atom. The van der Waals surface area contributed by atoms with E-state index in [0.29, 0.717) is 11.3 Å². The monoisotopic (exact) mass is 375 g/mol. The van der Waals surface area contributed by atoms with Gasteiger partial charge in [-0.1, -0.05) is 60.7 Å². The largest absolute Gasteiger partial charge is 0.496 e. The van der Waals surface area contributed by atoms with Crippen molar-refractivity contribution in [3.63, 3.8) is 0 Å². The molecule has 0 aliphatic rings. The van der Waals surface area contributed by atoms with Crippen molar-refractivity contribution in [1.82, 2.24) is 5.32 Å². The lowest BCUT2D eigenvalue weighted by molar-refractivity contribution is -0.139. The van der Waals surface area contributed by atoms with Crippen LogP contribution >= 0.6 is 0 Å². The summed E-state index contributed by atoms with van der Waals surface area (Å²) in [5.74, 6) is -0.933. The maximum absolute atomic E-state index is 12.5. The SMILES string of the molecule is COc1ccccc1C[C@@H](NC(=O)c1ccc(-c2ccccc2)cc1)C(=O)O. The highest BCUT2D eigenvalue weighted by Gasteiger charge is 2.22. The average Bonchev–Trinajstić information content (AvgIpc) is 2.74. The second kappa shape index (κ2) is 8.86. The molecule has 142 valence electrons. The number of benzene rings is 3. The Morgan fingerprint density at radius 2 is 1.50 bits per heavy atom. The van der Waals surface area contributed by atoms with Crippen molar-refractivity contribution in [3.05, 3.63) is 90.0 Å². The Morgan fingerprint density at radius 3 is 2.14 bits per heavy atom. The summed E-state index contributed by atoms with van der Waals surface area (Å²) in [6.45, 7) is 0. The molecule has 5 nitrogen and oxygen atoms in total. The molecule has 2 N–H and O–H groups in total. The number of aliphatic carboxylic acids is 1. The first kappa shape index (κ1) is 19.2. The van der Waals surface area contributed by atoms with Crippen molar-refractivity contribution in [3.8, 4) is 16.9 Å². The van der Waals surface area contributed by atoms with Gasteiger partial charge in [0.1, 0.15) is 11.8 Å². The van der Waals surface area contributed by atoms with Crippen LogP contribution in [0.2, 0.25) is 0 Å². The summed E-state index contributed by atoms with van der Waals surface area (Å²) in [6, 6.07) is 23.0. The summed E-state index contributed by atoms with van der Waals surface area (Å²) in [6.07, 6.45) is 0.132. The van der Waals surface area contributed by atoms with Crippen LogP contribution in [0.15, 0.2) is 78.9 Å². The first-order chi connectivity index (χ1) is 13.6. The van der Waals surface area contributed by atoms with Crippen molar-refractivity contribution in [1.29, 1.82) is 0 Å². The first-order valence-corrected chi connectivity index (χ1v) is 8.89. The lowest BCUT2D eigenvalue weighted by Crippen LogP contribution is -2.42. The molecule has 0 fully saturated rings. The van der Waals surface area contributed by atoms with Crippen molar-refractivity contribution in [2.45, 2.75) is 12.5 Å². The van der Waals surface area contributed by atoms with Crippen molar-refractivity contribution in [2.75, 3.05) is 7.11 Å². The maximum atomic E-state index is 12.5. The van der Waals surface area contributed by atoms with E-state index in [4.69, 9.17) is 4.74 Å². The number of rotatable bonds is 7. The molecule has 0 unspecified atom stereocenters. The maximum Gasteiger partial charge on any atom is 0.326 e. The molecule has 3 aromatic carbocycles. The van der Waals surface area contributed by atoms with E-state index in [-0.39, 0.29) is 6.42 Å². The summed E-state index contributed by atoms with van der Waals surface area (Å²) in [5, 5.41) is 12.1. The minimum absolute atomic E-state index is 0.132. The second-order valence-electron chi connectivity index (χ2n) is 6.32. The number of amides is 1. The molecule has 0 aliphatic heterocycles. The lowest BCUT2D eigenvalue weighted by atomic mass is 10.0. The van der Waals surface area contributed by atoms with E-state index >= 15 is 0 Å². The van der Waals surface area contributed by atoms with Crippen molar-refractivity contribution >= 4 is 11.9 Å². The summed E-state index contributed by atoms with van der Waals surface area (Å²) in [4.78, 5) is 24.2. The van der Waals surface area contributed by atoms with Gasteiger partial charge >= 0.3 is 5.97 Å². The van der Waals surface area contributed by atoms with Crippen LogP contribution in [-0.2, 0) is 11.2 Å². The van der Waals surface area contributed by atoms with E-state index in [0.717, 1.165) is 16.7 Å². The van der Waals surface area contributed by atoms with Gasteiger partial charge in [-0.25, -0.2) is 4.79 Å². The summed E-state index contributed by atoms with van der Waals surface area (Å²) in [5.41, 5.74) is 3.16. The van der Waals surface area contributed by atoms with Gasteiger partial charge in [-0.2, -0.15) is 0 Å². The van der Waals surface area contributed by atoms with Crippen molar-refractivity contribution in [2.24, 2.45) is 0 Å². The van der Waals surface area contributed by atoms with E-state index in [9.17, 15) is 14.7 Å². The van der Waals surface area contributed by atoms with Crippen molar-refractivity contribution < 1.29 is 19.4 Å². The minimum atomic E-state index is -1.10. The van der Waals surface area contributed by atoms with Gasteiger partial charge in [0.25, 0.3) is 5.91 Å². The van der Waals surface area contributed by atoms with E-state index in [1.807, 2.05) is 48.5 Å². The number of ether oxygens (including phenoxy) is 1. The smallest absolute Gasteiger partial charge is 0.326 e. The molecule has 0 bridgehead atoms. The second-order valence-corrected chi connectivity index (χ2v) is 6.32. The molecule has 0 radical (unpaired) electrons. The van der Waals surface area contributed by atoms with E-state index in [1.54, 1.807) is 30.3 Å². The quantitative estimate of drug-likeness (QED) is 0.659. The van der Waals surface area contributed by atoms with Gasteiger partial charge in [0.05, 0.1) is 7.11 Å². The zero-order chi connectivity index (χ0) is 19.9. The van der Waals surface area contributed by atoms with Gasteiger partial charge in [0.15, 0.2) is 0 Å². The van der Waals surface area contributed by atoms with Crippen LogP contribution in [-0.4, -0.2) is 30.1 Å². The number of hydrogen-bond donors (Lipinski definition) is 2. The fourth-order valence-electron chi connectivity index (χ4n) is 2.98. The molecule has 28 heavy (non-hydrogen) atoms. The zero-order valence-corrected chi connectivity index (χ0v) is 15.5. The molecule has 0 spiro atoms. The van der Waals surface area contributed by atoms with Crippen LogP contribution in [0, 0.1) is 0 Å². The summed E-state index contributed by atoms with van der Waals surface area (Å²) < 4.78 is 5.27. The number of carbonyl (C=O) groups is 2. The molecule has 0 saturated heterocycles. The third-order valence-electron chi connectivity index (χ3n) is 4.47. The van der Waals surface area contributed by atoms with Crippen LogP contribution in [0.4, 0.5) is 0 Å². The molecule has 3 aromatic rings. The van der Waals surface area contributed by atoms with E-state index in [2.05, 4.69) is 5.32 Å². The zero-order valence-electron chi connectivity index (χ0n) is 15.5. The van der Waals surface area contributed by atoms with Gasteiger partial charge in [-0.05, 0) is 34.9 Å². The molecular weight excluding hydrogens is 354 g/mol. The number of nitrogens with one attached hydrogen (secondary N) is 1. The Bertz CT molecular complexity index is 952. The number of methoxy groups -OCH3 is 1. The van der Waals surface area contributed by atoms with Gasteiger partial charge in [0, 0.05) is 12.0 Å². The molecule has 0 aliphatic carbocycles. The molecule has 1 atom stereocenters. The highest BCUT2D eigenvalue weighted by atomic mass is 16.5. The van der Waals surface area contributed by atoms with Gasteiger partial charge < -0.3 is 15.2 Å². The summed E-state index contributed by atoms with van der Waals surface area (Å²) in [7, 11) is 1.53. The van der Waals surface area contributed by atoms with Crippen LogP contribution < -0.4 is 10.1 Å². The third-order valence-corrected chi connectivity index (χ3v) is 4.47. The van der Waals surface area contributed by atoms with Crippen LogP contribution in [0.1, 0.15) is 15.9 Å². The van der Waals surface area contributed by atoms with Crippen LogP contribution in [0.3, 0.4) is 0 Å². The molecule has 0 saturated carbocycles. The Labute approximate surface area is 163 Å². The Kier molecular flexibility index (Phi) is 6.07. The lowest BCUT2D eigenvalue weighted by Gasteiger charge is -2.16. The predicted molar refractivity (Wildman–Crippen MR) is 107 cm³/mol. The molecule has 0 heterocycles. The molecule has 1 amide bonds. The fraction of sp³-hybridized carbons (Fsp3) is 0.130. The van der Waals surface area contributed by atoms with E-state index in [1.165, 1.54) is 7.11 Å². The third kappa shape index (κ3) is 4.57. The predicted octanol–water partition coefficient (Wildman–Crippen LogP) is 3.79. The Balaban J connectivity index is 1.73. The molecule has 3 rings (SSSR count). The van der Waals surface area contributed by atoms with E-state index < -0.39 is 17.9 Å². The molecule has 0 aromatic heterocycles. The number of carbonyl (C=O) groups excluding carboxylic acids is 1. The molecule has 5 heteroatoms. The van der Waals surface area contributed by atoms with Gasteiger partial charge in [-0.15, -0.1) is 0 Å². The average molecular weight is 375 g/mol. The highest BCUT2D eigenvalue weighted by molar-refractivity contribution is 5.97. The van der Waals surface area contributed by atoms with Gasteiger partial charge in [-0.3, -0.25) is 4.79 Å². The summed E-state index contributed by atoms with van der Waals surface area (Å²) >= 11 is 0. The fourth-order valence-corrected chi connectivity index (χ4v) is 2.98. The molecular formula is C23H21NO4. The normalized spacial score (nSPS) is 11.5. The minimum Gasteiger partial charge on any atom is -0.496 e.